The van der Waals surface area contributed by atoms with Crippen LogP contribution < -0.4 is 10.7 Å². The first-order valence-corrected chi connectivity index (χ1v) is 10.4. The monoisotopic (exact) mass is 445 g/mol. The van der Waals surface area contributed by atoms with Crippen LogP contribution in [0.2, 0.25) is 5.02 Å². The van der Waals surface area contributed by atoms with Gasteiger partial charge in [-0.3, -0.25) is 14.4 Å². The summed E-state index contributed by atoms with van der Waals surface area (Å²) in [5.74, 6) is -0.0622. The highest BCUT2D eigenvalue weighted by Gasteiger charge is 2.13. The summed E-state index contributed by atoms with van der Waals surface area (Å²) < 4.78 is 6.01. The van der Waals surface area contributed by atoms with Gasteiger partial charge in [-0.25, -0.2) is 0 Å². The van der Waals surface area contributed by atoms with Gasteiger partial charge >= 0.3 is 0 Å². The summed E-state index contributed by atoms with van der Waals surface area (Å²) in [5.41, 5.74) is 4.22. The molecule has 0 fully saturated rings. The molecule has 0 aliphatic carbocycles. The van der Waals surface area contributed by atoms with Crippen molar-refractivity contribution < 1.29 is 14.0 Å². The topological polar surface area (TPSA) is 76.4 Å². The van der Waals surface area contributed by atoms with Gasteiger partial charge in [0.2, 0.25) is 0 Å². The Kier molecular flexibility index (Phi) is 5.68. The molecule has 160 valence electrons. The van der Waals surface area contributed by atoms with E-state index in [1.807, 2.05) is 26.0 Å². The van der Waals surface area contributed by atoms with Gasteiger partial charge in [0.15, 0.2) is 11.2 Å². The minimum atomic E-state index is -0.370. The van der Waals surface area contributed by atoms with E-state index in [-0.39, 0.29) is 17.1 Å². The van der Waals surface area contributed by atoms with E-state index in [0.717, 1.165) is 11.1 Å². The number of fused-ring (bicyclic) bond motifs is 1. The number of nitrogens with one attached hydrogen (secondary N) is 1. The van der Waals surface area contributed by atoms with E-state index in [9.17, 15) is 14.4 Å². The Bertz CT molecular complexity index is 1440. The maximum Gasteiger partial charge on any atom is 0.255 e. The van der Waals surface area contributed by atoms with Crippen LogP contribution in [0.4, 0.5) is 5.69 Å². The van der Waals surface area contributed by atoms with Crippen molar-refractivity contribution in [1.29, 1.82) is 0 Å². The molecule has 0 saturated heterocycles. The lowest BCUT2D eigenvalue weighted by Crippen LogP contribution is -2.12. The van der Waals surface area contributed by atoms with Crippen molar-refractivity contribution in [2.45, 2.75) is 20.8 Å². The van der Waals surface area contributed by atoms with Crippen LogP contribution in [0.3, 0.4) is 0 Å². The molecule has 4 rings (SSSR count). The Morgan fingerprint density at radius 3 is 2.28 bits per heavy atom. The Balaban J connectivity index is 1.63. The summed E-state index contributed by atoms with van der Waals surface area (Å²) in [6, 6.07) is 16.7. The van der Waals surface area contributed by atoms with Crippen LogP contribution in [0.1, 0.15) is 38.8 Å². The summed E-state index contributed by atoms with van der Waals surface area (Å²) in [6.45, 7) is 5.29. The quantitative estimate of drug-likeness (QED) is 0.380. The lowest BCUT2D eigenvalue weighted by Gasteiger charge is -2.10. The van der Waals surface area contributed by atoms with E-state index < -0.39 is 0 Å². The lowest BCUT2D eigenvalue weighted by atomic mass is 10.1. The summed E-state index contributed by atoms with van der Waals surface area (Å²) in [7, 11) is 0. The highest BCUT2D eigenvalue weighted by Crippen LogP contribution is 2.27. The van der Waals surface area contributed by atoms with Gasteiger partial charge in [-0.15, -0.1) is 0 Å². The Labute approximate surface area is 189 Å². The maximum absolute atomic E-state index is 12.7. The van der Waals surface area contributed by atoms with Crippen LogP contribution in [0.25, 0.3) is 22.3 Å². The minimum absolute atomic E-state index is 0.116. The number of hydrogen-bond donors (Lipinski definition) is 1. The van der Waals surface area contributed by atoms with Crippen molar-refractivity contribution in [1.82, 2.24) is 0 Å². The molecular weight excluding hydrogens is 426 g/mol. The normalized spacial score (nSPS) is 10.9. The molecule has 32 heavy (non-hydrogen) atoms. The van der Waals surface area contributed by atoms with Crippen LogP contribution in [0, 0.1) is 13.8 Å². The third kappa shape index (κ3) is 4.20. The molecule has 0 aliphatic rings. The van der Waals surface area contributed by atoms with Gasteiger partial charge in [-0.05, 0) is 68.3 Å². The Morgan fingerprint density at radius 1 is 0.906 bits per heavy atom. The first-order valence-electron chi connectivity index (χ1n) is 10.0. The largest absolute Gasteiger partial charge is 0.456 e. The average Bonchev–Trinajstić information content (AvgIpc) is 2.75. The van der Waals surface area contributed by atoms with Gasteiger partial charge in [-0.2, -0.15) is 0 Å². The van der Waals surface area contributed by atoms with Crippen LogP contribution >= 0.6 is 11.6 Å². The average molecular weight is 446 g/mol. The molecule has 4 aromatic rings. The molecule has 0 unspecified atom stereocenters. The molecule has 5 nitrogen and oxygen atoms in total. The first kappa shape index (κ1) is 21.5. The maximum atomic E-state index is 12.7. The zero-order valence-electron chi connectivity index (χ0n) is 17.8. The van der Waals surface area contributed by atoms with Crippen molar-refractivity contribution in [2.24, 2.45) is 0 Å². The van der Waals surface area contributed by atoms with Crippen LogP contribution in [0.15, 0.2) is 69.9 Å². The van der Waals surface area contributed by atoms with Crippen molar-refractivity contribution in [3.8, 4) is 11.3 Å². The van der Waals surface area contributed by atoms with E-state index in [1.54, 1.807) is 42.5 Å². The molecular formula is C26H20ClNO4. The smallest absolute Gasteiger partial charge is 0.255 e. The Morgan fingerprint density at radius 2 is 1.59 bits per heavy atom. The number of rotatable bonds is 4. The number of halogens is 1. The van der Waals surface area contributed by atoms with Gasteiger partial charge in [0.25, 0.3) is 5.91 Å². The number of carbonyl (C=O) groups is 2. The van der Waals surface area contributed by atoms with Gasteiger partial charge < -0.3 is 9.73 Å². The molecule has 1 heterocycles. The molecule has 0 aliphatic heterocycles. The van der Waals surface area contributed by atoms with Gasteiger partial charge in [0.1, 0.15) is 11.3 Å². The zero-order valence-corrected chi connectivity index (χ0v) is 18.5. The predicted molar refractivity (Wildman–Crippen MR) is 127 cm³/mol. The molecule has 1 aromatic heterocycles. The molecule has 1 amide bonds. The highest BCUT2D eigenvalue weighted by molar-refractivity contribution is 6.34. The second-order valence-corrected chi connectivity index (χ2v) is 8.12. The number of hydrogen-bond acceptors (Lipinski definition) is 4. The number of anilines is 1. The lowest BCUT2D eigenvalue weighted by molar-refractivity contribution is 0.101. The van der Waals surface area contributed by atoms with Gasteiger partial charge in [0.05, 0.1) is 16.1 Å². The predicted octanol–water partition coefficient (Wildman–Crippen LogP) is 6.19. The van der Waals surface area contributed by atoms with E-state index in [2.05, 4.69) is 5.32 Å². The number of aryl methyl sites for hydroxylation is 2. The molecule has 0 atom stereocenters. The van der Waals surface area contributed by atoms with Crippen LogP contribution in [0.5, 0.6) is 0 Å². The SMILES string of the molecule is CC(=O)c1ccc(Cl)c(NC(=O)c2ccc(-c3cc(=O)c4cc(C)cc(C)c4o3)cc2)c1. The van der Waals surface area contributed by atoms with E-state index in [0.29, 0.717) is 44.1 Å². The first-order chi connectivity index (χ1) is 15.2. The molecule has 0 radical (unpaired) electrons. The summed E-state index contributed by atoms with van der Waals surface area (Å²) >= 11 is 6.15. The molecule has 6 heteroatoms. The fourth-order valence-electron chi connectivity index (χ4n) is 3.57. The number of benzene rings is 3. The fraction of sp³-hybridized carbons (Fsp3) is 0.115. The molecule has 0 spiro atoms. The fourth-order valence-corrected chi connectivity index (χ4v) is 3.74. The van der Waals surface area contributed by atoms with Gasteiger partial charge in [-0.1, -0.05) is 29.8 Å². The van der Waals surface area contributed by atoms with Crippen molar-refractivity contribution >= 4 is 39.9 Å². The highest BCUT2D eigenvalue weighted by atomic mass is 35.5. The number of Topliss-reactive ketones (excluding diaryl/α,β-unsaturated/α-hetero) is 1. The van der Waals surface area contributed by atoms with Crippen molar-refractivity contribution in [3.05, 3.63) is 98.2 Å². The molecule has 0 bridgehead atoms. The summed E-state index contributed by atoms with van der Waals surface area (Å²) in [5, 5.41) is 3.62. The van der Waals surface area contributed by atoms with Crippen LogP contribution in [-0.2, 0) is 0 Å². The summed E-state index contributed by atoms with van der Waals surface area (Å²) in [6.07, 6.45) is 0. The third-order valence-electron chi connectivity index (χ3n) is 5.21. The third-order valence-corrected chi connectivity index (χ3v) is 5.54. The molecule has 3 aromatic carbocycles. The van der Waals surface area contributed by atoms with E-state index >= 15 is 0 Å². The van der Waals surface area contributed by atoms with Crippen molar-refractivity contribution in [3.63, 3.8) is 0 Å². The second kappa shape index (κ2) is 8.44. The number of carbonyl (C=O) groups excluding carboxylic acids is 2. The standard InChI is InChI=1S/C26H20ClNO4/c1-14-10-15(2)25-20(11-14)23(30)13-24(32-25)17-4-6-18(7-5-17)26(31)28-22-12-19(16(3)29)8-9-21(22)27/h4-13H,1-3H3,(H,28,31). The molecule has 1 N–H and O–H groups in total. The minimum Gasteiger partial charge on any atom is -0.456 e. The molecule has 0 saturated carbocycles. The van der Waals surface area contributed by atoms with Crippen LogP contribution in [-0.4, -0.2) is 11.7 Å². The summed E-state index contributed by atoms with van der Waals surface area (Å²) in [4.78, 5) is 36.9. The van der Waals surface area contributed by atoms with E-state index in [4.69, 9.17) is 16.0 Å². The van der Waals surface area contributed by atoms with Crippen molar-refractivity contribution in [2.75, 3.05) is 5.32 Å². The number of ketones is 1. The Hall–Kier alpha value is -3.70. The van der Waals surface area contributed by atoms with Gasteiger partial charge in [0, 0.05) is 22.8 Å². The zero-order chi connectivity index (χ0) is 23.0. The van der Waals surface area contributed by atoms with E-state index in [1.165, 1.54) is 13.0 Å². The number of amides is 1. The second-order valence-electron chi connectivity index (χ2n) is 7.72.